The number of piperidine rings is 1. The zero-order valence-corrected chi connectivity index (χ0v) is 10.7. The van der Waals surface area contributed by atoms with Crippen LogP contribution >= 0.6 is 0 Å². The zero-order chi connectivity index (χ0) is 12.4. The number of aryl methyl sites for hydroxylation is 1. The fraction of sp³-hybridized carbons (Fsp3) is 0.600. The standard InChI is InChI=1S/C15H21NO2/c17-13-10-16-9-8-15(13)18-14-7-3-5-11-4-1-2-6-12(11)14/h3,5,7,13,15-17H,1-2,4,6,8-10H2/t13-,15+/m1/s1. The second kappa shape index (κ2) is 5.29. The number of nitrogens with one attached hydrogen (secondary N) is 1. The Bertz CT molecular complexity index is 419. The van der Waals surface area contributed by atoms with Gasteiger partial charge < -0.3 is 15.2 Å². The van der Waals surface area contributed by atoms with Crippen LogP contribution in [0.3, 0.4) is 0 Å². The molecule has 1 aromatic rings. The molecule has 0 radical (unpaired) electrons. The van der Waals surface area contributed by atoms with E-state index in [1.165, 1.54) is 30.4 Å². The fourth-order valence-corrected chi connectivity index (χ4v) is 2.98. The molecule has 2 aliphatic rings. The van der Waals surface area contributed by atoms with Crippen molar-refractivity contribution in [1.29, 1.82) is 0 Å². The molecule has 2 atom stereocenters. The van der Waals surface area contributed by atoms with E-state index < -0.39 is 6.10 Å². The quantitative estimate of drug-likeness (QED) is 0.835. The van der Waals surface area contributed by atoms with Crippen molar-refractivity contribution >= 4 is 0 Å². The SMILES string of the molecule is O[C@@H]1CNCC[C@@H]1Oc1cccc2c1CCCC2. The molecule has 1 heterocycles. The van der Waals surface area contributed by atoms with Crippen LogP contribution in [0.4, 0.5) is 0 Å². The molecule has 2 N–H and O–H groups in total. The molecule has 18 heavy (non-hydrogen) atoms. The van der Waals surface area contributed by atoms with Gasteiger partial charge in [-0.2, -0.15) is 0 Å². The summed E-state index contributed by atoms with van der Waals surface area (Å²) >= 11 is 0. The Hall–Kier alpha value is -1.06. The van der Waals surface area contributed by atoms with Crippen LogP contribution in [0.2, 0.25) is 0 Å². The summed E-state index contributed by atoms with van der Waals surface area (Å²) in [7, 11) is 0. The molecule has 0 amide bonds. The Morgan fingerprint density at radius 1 is 1.22 bits per heavy atom. The van der Waals surface area contributed by atoms with Gasteiger partial charge in [0.2, 0.25) is 0 Å². The highest BCUT2D eigenvalue weighted by atomic mass is 16.5. The molecule has 1 aromatic carbocycles. The number of ether oxygens (including phenoxy) is 1. The third kappa shape index (κ3) is 2.38. The molecule has 3 rings (SSSR count). The van der Waals surface area contributed by atoms with E-state index in [0.29, 0.717) is 6.54 Å². The Labute approximate surface area is 108 Å². The maximum Gasteiger partial charge on any atom is 0.127 e. The minimum absolute atomic E-state index is 0.0559. The molecular weight excluding hydrogens is 226 g/mol. The van der Waals surface area contributed by atoms with Gasteiger partial charge in [-0.15, -0.1) is 0 Å². The second-order valence-electron chi connectivity index (χ2n) is 5.32. The van der Waals surface area contributed by atoms with E-state index in [4.69, 9.17) is 4.74 Å². The smallest absolute Gasteiger partial charge is 0.127 e. The van der Waals surface area contributed by atoms with Crippen molar-refractivity contribution < 1.29 is 9.84 Å². The van der Waals surface area contributed by atoms with Crippen LogP contribution in [0.1, 0.15) is 30.4 Å². The van der Waals surface area contributed by atoms with Crippen molar-refractivity contribution in [2.75, 3.05) is 13.1 Å². The number of fused-ring (bicyclic) bond motifs is 1. The molecule has 0 spiro atoms. The molecule has 0 saturated carbocycles. The van der Waals surface area contributed by atoms with E-state index in [-0.39, 0.29) is 6.10 Å². The lowest BCUT2D eigenvalue weighted by atomic mass is 9.91. The molecule has 1 aliphatic heterocycles. The molecule has 1 aliphatic carbocycles. The van der Waals surface area contributed by atoms with Crippen molar-refractivity contribution in [1.82, 2.24) is 5.32 Å². The van der Waals surface area contributed by atoms with Gasteiger partial charge in [0, 0.05) is 6.54 Å². The third-order valence-electron chi connectivity index (χ3n) is 4.02. The molecule has 3 nitrogen and oxygen atoms in total. The van der Waals surface area contributed by atoms with E-state index in [9.17, 15) is 5.11 Å². The largest absolute Gasteiger partial charge is 0.487 e. The van der Waals surface area contributed by atoms with Crippen LogP contribution in [-0.2, 0) is 12.8 Å². The van der Waals surface area contributed by atoms with Crippen LogP contribution < -0.4 is 10.1 Å². The van der Waals surface area contributed by atoms with Gasteiger partial charge in [0.25, 0.3) is 0 Å². The molecule has 0 bridgehead atoms. The predicted molar refractivity (Wildman–Crippen MR) is 71.0 cm³/mol. The average Bonchev–Trinajstić information content (AvgIpc) is 2.42. The van der Waals surface area contributed by atoms with Crippen molar-refractivity contribution in [3.05, 3.63) is 29.3 Å². The van der Waals surface area contributed by atoms with Crippen LogP contribution in [-0.4, -0.2) is 30.4 Å². The van der Waals surface area contributed by atoms with Gasteiger partial charge in [-0.1, -0.05) is 12.1 Å². The van der Waals surface area contributed by atoms with Crippen LogP contribution in [0.15, 0.2) is 18.2 Å². The predicted octanol–water partition coefficient (Wildman–Crippen LogP) is 1.67. The van der Waals surface area contributed by atoms with E-state index in [2.05, 4.69) is 23.5 Å². The lowest BCUT2D eigenvalue weighted by Gasteiger charge is -2.30. The highest BCUT2D eigenvalue weighted by Gasteiger charge is 2.25. The van der Waals surface area contributed by atoms with Gasteiger partial charge in [-0.05, 0) is 55.8 Å². The molecular formula is C15H21NO2. The van der Waals surface area contributed by atoms with Crippen LogP contribution in [0.5, 0.6) is 5.75 Å². The first-order chi connectivity index (χ1) is 8.84. The van der Waals surface area contributed by atoms with Gasteiger partial charge in [0.05, 0.1) is 0 Å². The van der Waals surface area contributed by atoms with Crippen molar-refractivity contribution in [3.8, 4) is 5.75 Å². The highest BCUT2D eigenvalue weighted by Crippen LogP contribution is 2.30. The Balaban J connectivity index is 1.79. The minimum atomic E-state index is -0.391. The maximum absolute atomic E-state index is 9.95. The van der Waals surface area contributed by atoms with Crippen LogP contribution in [0, 0.1) is 0 Å². The average molecular weight is 247 g/mol. The summed E-state index contributed by atoms with van der Waals surface area (Å²) in [4.78, 5) is 0. The lowest BCUT2D eigenvalue weighted by Crippen LogP contribution is -2.46. The molecule has 98 valence electrons. The topological polar surface area (TPSA) is 41.5 Å². The molecule has 3 heteroatoms. The van der Waals surface area contributed by atoms with Gasteiger partial charge in [-0.3, -0.25) is 0 Å². The van der Waals surface area contributed by atoms with Crippen molar-refractivity contribution in [2.24, 2.45) is 0 Å². The summed E-state index contributed by atoms with van der Waals surface area (Å²) in [5.74, 6) is 0.998. The molecule has 1 saturated heterocycles. The van der Waals surface area contributed by atoms with Crippen LogP contribution in [0.25, 0.3) is 0 Å². The van der Waals surface area contributed by atoms with Gasteiger partial charge in [0.1, 0.15) is 18.0 Å². The summed E-state index contributed by atoms with van der Waals surface area (Å²) in [6.45, 7) is 1.57. The fourth-order valence-electron chi connectivity index (χ4n) is 2.98. The summed E-state index contributed by atoms with van der Waals surface area (Å²) in [6.07, 6.45) is 5.26. The molecule has 1 fully saturated rings. The number of aliphatic hydroxyl groups is 1. The van der Waals surface area contributed by atoms with Gasteiger partial charge in [0.15, 0.2) is 0 Å². The Kier molecular flexibility index (Phi) is 3.52. The van der Waals surface area contributed by atoms with E-state index >= 15 is 0 Å². The number of β-amino-alcohol motifs (C(OH)–C–C–N with tert-alkyl or cyclic N) is 1. The number of hydrogen-bond donors (Lipinski definition) is 2. The van der Waals surface area contributed by atoms with E-state index in [0.717, 1.165) is 25.1 Å². The first-order valence-corrected chi connectivity index (χ1v) is 7.01. The molecule has 0 aromatic heterocycles. The maximum atomic E-state index is 9.95. The monoisotopic (exact) mass is 247 g/mol. The van der Waals surface area contributed by atoms with E-state index in [1.54, 1.807) is 0 Å². The molecule has 0 unspecified atom stereocenters. The number of benzene rings is 1. The first kappa shape index (κ1) is 12.0. The highest BCUT2D eigenvalue weighted by molar-refractivity contribution is 5.41. The Morgan fingerprint density at radius 3 is 3.00 bits per heavy atom. The van der Waals surface area contributed by atoms with Crippen molar-refractivity contribution in [2.45, 2.75) is 44.3 Å². The third-order valence-corrected chi connectivity index (χ3v) is 4.02. The van der Waals surface area contributed by atoms with Gasteiger partial charge >= 0.3 is 0 Å². The zero-order valence-electron chi connectivity index (χ0n) is 10.7. The summed E-state index contributed by atoms with van der Waals surface area (Å²) in [5, 5.41) is 13.1. The summed E-state index contributed by atoms with van der Waals surface area (Å²) in [5.41, 5.74) is 2.80. The number of rotatable bonds is 2. The minimum Gasteiger partial charge on any atom is -0.487 e. The second-order valence-corrected chi connectivity index (χ2v) is 5.32. The van der Waals surface area contributed by atoms with Gasteiger partial charge in [-0.25, -0.2) is 0 Å². The Morgan fingerprint density at radius 2 is 2.11 bits per heavy atom. The number of hydrogen-bond acceptors (Lipinski definition) is 3. The number of aliphatic hydroxyl groups excluding tert-OH is 1. The summed E-state index contributed by atoms with van der Waals surface area (Å²) in [6, 6.07) is 6.34. The summed E-state index contributed by atoms with van der Waals surface area (Å²) < 4.78 is 6.08. The normalized spacial score (nSPS) is 27.6. The first-order valence-electron chi connectivity index (χ1n) is 7.01. The van der Waals surface area contributed by atoms with Crippen molar-refractivity contribution in [3.63, 3.8) is 0 Å². The van der Waals surface area contributed by atoms with E-state index in [1.807, 2.05) is 0 Å². The lowest BCUT2D eigenvalue weighted by molar-refractivity contribution is 0.0156.